The van der Waals surface area contributed by atoms with E-state index < -0.39 is 0 Å². The molecule has 0 aromatic carbocycles. The van der Waals surface area contributed by atoms with Crippen molar-refractivity contribution < 1.29 is 4.79 Å². The van der Waals surface area contributed by atoms with Crippen LogP contribution in [0.5, 0.6) is 0 Å². The molecule has 0 fully saturated rings. The summed E-state index contributed by atoms with van der Waals surface area (Å²) >= 11 is 1.31. The molecular formula is C15H16N4OS. The molecule has 2 heterocycles. The molecule has 1 N–H and O–H groups in total. The number of aromatic nitrogens is 2. The van der Waals surface area contributed by atoms with Gasteiger partial charge in [-0.05, 0) is 26.0 Å². The standard InChI is InChI=1S/C15H16N4OS/c1-3-12(13-6-4-5-7-17-13)18-8-11(2)19-15(20)14-9-16-10-21-14/h3-11H,1-2H3,(H,19,20)/b12-3-,18-8?. The number of hydrogen-bond acceptors (Lipinski definition) is 5. The van der Waals surface area contributed by atoms with E-state index in [0.29, 0.717) is 4.88 Å². The molecule has 0 aliphatic heterocycles. The van der Waals surface area contributed by atoms with Crippen LogP contribution in [-0.2, 0) is 0 Å². The fourth-order valence-electron chi connectivity index (χ4n) is 1.64. The second-order valence-corrected chi connectivity index (χ2v) is 5.18. The Hall–Kier alpha value is -2.34. The van der Waals surface area contributed by atoms with E-state index in [0.717, 1.165) is 11.4 Å². The summed E-state index contributed by atoms with van der Waals surface area (Å²) in [4.78, 5) is 25.0. The van der Waals surface area contributed by atoms with E-state index in [1.165, 1.54) is 11.3 Å². The highest BCUT2D eigenvalue weighted by atomic mass is 32.1. The summed E-state index contributed by atoms with van der Waals surface area (Å²) in [6.45, 7) is 3.77. The molecule has 2 aromatic heterocycles. The van der Waals surface area contributed by atoms with E-state index in [2.05, 4.69) is 20.3 Å². The lowest BCUT2D eigenvalue weighted by Crippen LogP contribution is -2.33. The number of pyridine rings is 1. The van der Waals surface area contributed by atoms with Gasteiger partial charge in [0.05, 0.1) is 29.1 Å². The van der Waals surface area contributed by atoms with Crippen molar-refractivity contribution in [2.75, 3.05) is 0 Å². The van der Waals surface area contributed by atoms with Gasteiger partial charge in [-0.2, -0.15) is 0 Å². The average molecular weight is 300 g/mol. The summed E-state index contributed by atoms with van der Waals surface area (Å²) in [5, 5.41) is 2.85. The number of carbonyl (C=O) groups excluding carboxylic acids is 1. The fourth-order valence-corrected chi connectivity index (χ4v) is 2.16. The first-order chi connectivity index (χ1) is 10.2. The molecule has 1 atom stereocenters. The van der Waals surface area contributed by atoms with Gasteiger partial charge in [0, 0.05) is 12.4 Å². The van der Waals surface area contributed by atoms with Crippen LogP contribution in [0, 0.1) is 0 Å². The maximum absolute atomic E-state index is 11.9. The van der Waals surface area contributed by atoms with Crippen LogP contribution in [0.4, 0.5) is 0 Å². The minimum atomic E-state index is -0.182. The Morgan fingerprint density at radius 1 is 1.48 bits per heavy atom. The van der Waals surface area contributed by atoms with Gasteiger partial charge in [-0.3, -0.25) is 19.8 Å². The second-order valence-electron chi connectivity index (χ2n) is 4.29. The summed E-state index contributed by atoms with van der Waals surface area (Å²) in [5.74, 6) is -0.142. The second kappa shape index (κ2) is 7.44. The zero-order valence-electron chi connectivity index (χ0n) is 11.9. The van der Waals surface area contributed by atoms with Gasteiger partial charge in [-0.1, -0.05) is 12.1 Å². The van der Waals surface area contributed by atoms with Gasteiger partial charge in [-0.15, -0.1) is 11.3 Å². The Balaban J connectivity index is 1.98. The van der Waals surface area contributed by atoms with Gasteiger partial charge in [-0.25, -0.2) is 0 Å². The smallest absolute Gasteiger partial charge is 0.263 e. The third-order valence-corrected chi connectivity index (χ3v) is 3.42. The SMILES string of the molecule is C/C=C(\N=CC(C)NC(=O)c1cncs1)c1ccccn1. The largest absolute Gasteiger partial charge is 0.344 e. The van der Waals surface area contributed by atoms with Gasteiger partial charge >= 0.3 is 0 Å². The third-order valence-electron chi connectivity index (χ3n) is 2.65. The highest BCUT2D eigenvalue weighted by molar-refractivity contribution is 7.11. The molecule has 0 aliphatic rings. The third kappa shape index (κ3) is 4.32. The quantitative estimate of drug-likeness (QED) is 0.863. The van der Waals surface area contributed by atoms with Crippen LogP contribution < -0.4 is 5.32 Å². The maximum atomic E-state index is 11.9. The summed E-state index contributed by atoms with van der Waals surface area (Å²) in [7, 11) is 0. The van der Waals surface area contributed by atoms with Crippen molar-refractivity contribution in [1.82, 2.24) is 15.3 Å². The normalized spacial score (nSPS) is 13.3. The number of hydrogen-bond donors (Lipinski definition) is 1. The van der Waals surface area contributed by atoms with Gasteiger partial charge in [0.15, 0.2) is 0 Å². The van der Waals surface area contributed by atoms with Gasteiger partial charge < -0.3 is 5.32 Å². The molecule has 0 saturated carbocycles. The highest BCUT2D eigenvalue weighted by Gasteiger charge is 2.09. The van der Waals surface area contributed by atoms with Crippen molar-refractivity contribution in [3.05, 3.63) is 52.8 Å². The van der Waals surface area contributed by atoms with Crippen LogP contribution in [0.2, 0.25) is 0 Å². The summed E-state index contributed by atoms with van der Waals surface area (Å²) in [6, 6.07) is 5.49. The van der Waals surface area contributed by atoms with E-state index in [1.807, 2.05) is 38.1 Å². The number of thiazole rings is 1. The zero-order chi connectivity index (χ0) is 15.1. The van der Waals surface area contributed by atoms with Gasteiger partial charge in [0.25, 0.3) is 5.91 Å². The minimum Gasteiger partial charge on any atom is -0.344 e. The number of nitrogens with zero attached hydrogens (tertiary/aromatic N) is 3. The summed E-state index contributed by atoms with van der Waals surface area (Å²) in [5.41, 5.74) is 3.21. The van der Waals surface area contributed by atoms with Crippen molar-refractivity contribution >= 4 is 29.2 Å². The fraction of sp³-hybridized carbons (Fsp3) is 0.200. The molecule has 0 aliphatic carbocycles. The Labute approximate surface area is 127 Å². The predicted molar refractivity (Wildman–Crippen MR) is 85.4 cm³/mol. The molecule has 2 aromatic rings. The number of rotatable bonds is 5. The van der Waals surface area contributed by atoms with Crippen LogP contribution in [-0.4, -0.2) is 28.1 Å². The van der Waals surface area contributed by atoms with Crippen molar-refractivity contribution in [2.24, 2.45) is 4.99 Å². The molecule has 6 heteroatoms. The van der Waals surface area contributed by atoms with Crippen molar-refractivity contribution in [3.8, 4) is 0 Å². The Kier molecular flexibility index (Phi) is 5.34. The Morgan fingerprint density at radius 2 is 2.33 bits per heavy atom. The molecule has 0 saturated heterocycles. The lowest BCUT2D eigenvalue weighted by atomic mass is 10.2. The molecule has 5 nitrogen and oxygen atoms in total. The molecule has 108 valence electrons. The first-order valence-corrected chi connectivity index (χ1v) is 7.40. The highest BCUT2D eigenvalue weighted by Crippen LogP contribution is 2.11. The van der Waals surface area contributed by atoms with E-state index in [4.69, 9.17) is 0 Å². The number of nitrogens with one attached hydrogen (secondary N) is 1. The molecule has 21 heavy (non-hydrogen) atoms. The Bertz CT molecular complexity index is 635. The van der Waals surface area contributed by atoms with Crippen LogP contribution in [0.1, 0.15) is 29.2 Å². The van der Waals surface area contributed by atoms with E-state index in [1.54, 1.807) is 24.1 Å². The number of aliphatic imine (C=N–C) groups is 1. The predicted octanol–water partition coefficient (Wildman–Crippen LogP) is 2.79. The summed E-state index contributed by atoms with van der Waals surface area (Å²) < 4.78 is 0. The van der Waals surface area contributed by atoms with Crippen molar-refractivity contribution in [1.29, 1.82) is 0 Å². The zero-order valence-corrected chi connectivity index (χ0v) is 12.7. The lowest BCUT2D eigenvalue weighted by Gasteiger charge is -2.08. The van der Waals surface area contributed by atoms with Crippen LogP contribution in [0.25, 0.3) is 5.70 Å². The van der Waals surface area contributed by atoms with Crippen molar-refractivity contribution in [2.45, 2.75) is 19.9 Å². The minimum absolute atomic E-state index is 0.142. The first kappa shape index (κ1) is 15.1. The monoisotopic (exact) mass is 300 g/mol. The number of allylic oxidation sites excluding steroid dienone is 1. The average Bonchev–Trinajstić information content (AvgIpc) is 3.03. The molecule has 0 radical (unpaired) electrons. The molecule has 1 amide bonds. The Morgan fingerprint density at radius 3 is 2.95 bits per heavy atom. The number of amides is 1. The molecule has 1 unspecified atom stereocenters. The van der Waals surface area contributed by atoms with Crippen LogP contribution >= 0.6 is 11.3 Å². The van der Waals surface area contributed by atoms with Crippen molar-refractivity contribution in [3.63, 3.8) is 0 Å². The van der Waals surface area contributed by atoms with Gasteiger partial charge in [0.1, 0.15) is 4.88 Å². The van der Waals surface area contributed by atoms with Gasteiger partial charge in [0.2, 0.25) is 0 Å². The molecular weight excluding hydrogens is 284 g/mol. The van der Waals surface area contributed by atoms with Crippen LogP contribution in [0.3, 0.4) is 0 Å². The summed E-state index contributed by atoms with van der Waals surface area (Å²) in [6.07, 6.45) is 6.86. The van der Waals surface area contributed by atoms with E-state index >= 15 is 0 Å². The maximum Gasteiger partial charge on any atom is 0.263 e. The lowest BCUT2D eigenvalue weighted by molar-refractivity contribution is 0.0953. The first-order valence-electron chi connectivity index (χ1n) is 6.52. The van der Waals surface area contributed by atoms with Crippen LogP contribution in [0.15, 0.2) is 47.2 Å². The van der Waals surface area contributed by atoms with E-state index in [9.17, 15) is 4.79 Å². The molecule has 0 bridgehead atoms. The molecule has 0 spiro atoms. The van der Waals surface area contributed by atoms with E-state index in [-0.39, 0.29) is 11.9 Å². The molecule has 2 rings (SSSR count). The number of carbonyl (C=O) groups is 1. The topological polar surface area (TPSA) is 67.2 Å².